The first-order chi connectivity index (χ1) is 9.78. The van der Waals surface area contributed by atoms with Crippen LogP contribution in [0.2, 0.25) is 5.28 Å². The van der Waals surface area contributed by atoms with Crippen LogP contribution in [-0.2, 0) is 19.4 Å². The Morgan fingerprint density at radius 3 is 2.70 bits per heavy atom. The molecule has 1 aromatic heterocycles. The second kappa shape index (κ2) is 5.80. The van der Waals surface area contributed by atoms with E-state index in [1.807, 2.05) is 6.07 Å². The standard InChI is InChI=1S/C16H18ClN3/c1-2-20(11-12-7-4-3-5-8-12)15-13-9-6-10-14(13)18-16(17)19-15/h3-5,7-8H,2,6,9-11H2,1H3. The fraction of sp³-hybridized carbons (Fsp3) is 0.375. The molecule has 0 bridgehead atoms. The molecule has 1 aliphatic carbocycles. The highest BCUT2D eigenvalue weighted by atomic mass is 35.5. The minimum absolute atomic E-state index is 0.368. The Balaban J connectivity index is 1.94. The smallest absolute Gasteiger partial charge is 0.224 e. The lowest BCUT2D eigenvalue weighted by molar-refractivity contribution is 0.799. The molecule has 0 saturated heterocycles. The summed E-state index contributed by atoms with van der Waals surface area (Å²) in [6.07, 6.45) is 3.24. The third kappa shape index (κ3) is 2.63. The van der Waals surface area contributed by atoms with Gasteiger partial charge in [-0.05, 0) is 43.4 Å². The van der Waals surface area contributed by atoms with Crippen LogP contribution in [0.25, 0.3) is 0 Å². The zero-order valence-corrected chi connectivity index (χ0v) is 12.4. The molecule has 2 aromatic rings. The van der Waals surface area contributed by atoms with E-state index in [0.29, 0.717) is 5.28 Å². The topological polar surface area (TPSA) is 29.0 Å². The first-order valence-corrected chi connectivity index (χ1v) is 7.50. The number of halogens is 1. The Bertz CT molecular complexity index is 598. The van der Waals surface area contributed by atoms with Crippen LogP contribution in [0.1, 0.15) is 30.2 Å². The fourth-order valence-corrected chi connectivity index (χ4v) is 2.97. The molecule has 0 N–H and O–H groups in total. The van der Waals surface area contributed by atoms with E-state index in [-0.39, 0.29) is 0 Å². The number of benzene rings is 1. The molecule has 0 spiro atoms. The second-order valence-corrected chi connectivity index (χ2v) is 5.43. The highest BCUT2D eigenvalue weighted by Gasteiger charge is 2.22. The molecule has 3 rings (SSSR count). The third-order valence-corrected chi connectivity index (χ3v) is 3.95. The molecule has 20 heavy (non-hydrogen) atoms. The van der Waals surface area contributed by atoms with Crippen LogP contribution < -0.4 is 4.90 Å². The SMILES string of the molecule is CCN(Cc1ccccc1)c1nc(Cl)nc2c1CCC2. The molecule has 0 fully saturated rings. The predicted molar refractivity (Wildman–Crippen MR) is 82.2 cm³/mol. The van der Waals surface area contributed by atoms with Crippen LogP contribution in [0, 0.1) is 0 Å². The van der Waals surface area contributed by atoms with Crippen molar-refractivity contribution in [3.8, 4) is 0 Å². The van der Waals surface area contributed by atoms with E-state index in [2.05, 4.69) is 46.1 Å². The lowest BCUT2D eigenvalue weighted by Crippen LogP contribution is -2.25. The summed E-state index contributed by atoms with van der Waals surface area (Å²) in [6, 6.07) is 10.5. The second-order valence-electron chi connectivity index (χ2n) is 5.09. The maximum atomic E-state index is 6.08. The van der Waals surface area contributed by atoms with Crippen molar-refractivity contribution in [3.63, 3.8) is 0 Å². The Morgan fingerprint density at radius 1 is 1.15 bits per heavy atom. The number of anilines is 1. The van der Waals surface area contributed by atoms with Crippen molar-refractivity contribution < 1.29 is 0 Å². The summed E-state index contributed by atoms with van der Waals surface area (Å²) < 4.78 is 0. The van der Waals surface area contributed by atoms with Gasteiger partial charge in [-0.2, -0.15) is 0 Å². The maximum absolute atomic E-state index is 6.08. The van der Waals surface area contributed by atoms with E-state index in [9.17, 15) is 0 Å². The summed E-state index contributed by atoms with van der Waals surface area (Å²) in [6.45, 7) is 3.92. The molecule has 4 heteroatoms. The highest BCUT2D eigenvalue weighted by Crippen LogP contribution is 2.30. The summed E-state index contributed by atoms with van der Waals surface area (Å²) >= 11 is 6.08. The highest BCUT2D eigenvalue weighted by molar-refractivity contribution is 6.28. The van der Waals surface area contributed by atoms with Gasteiger partial charge in [0.15, 0.2) is 0 Å². The number of hydrogen-bond donors (Lipinski definition) is 0. The van der Waals surface area contributed by atoms with Gasteiger partial charge in [-0.1, -0.05) is 30.3 Å². The Labute approximate surface area is 124 Å². The third-order valence-electron chi connectivity index (χ3n) is 3.78. The van der Waals surface area contributed by atoms with Crippen LogP contribution in [0.4, 0.5) is 5.82 Å². The van der Waals surface area contributed by atoms with Crippen LogP contribution in [0.3, 0.4) is 0 Å². The summed E-state index contributed by atoms with van der Waals surface area (Å²) in [4.78, 5) is 11.1. The Morgan fingerprint density at radius 2 is 1.95 bits per heavy atom. The molecule has 0 unspecified atom stereocenters. The van der Waals surface area contributed by atoms with Crippen LogP contribution in [0.15, 0.2) is 30.3 Å². The molecule has 0 aliphatic heterocycles. The van der Waals surface area contributed by atoms with Crippen molar-refractivity contribution in [2.75, 3.05) is 11.4 Å². The van der Waals surface area contributed by atoms with Crippen molar-refractivity contribution in [3.05, 3.63) is 52.4 Å². The van der Waals surface area contributed by atoms with E-state index < -0.39 is 0 Å². The number of hydrogen-bond acceptors (Lipinski definition) is 3. The van der Waals surface area contributed by atoms with Crippen molar-refractivity contribution >= 4 is 17.4 Å². The molecule has 1 heterocycles. The largest absolute Gasteiger partial charge is 0.352 e. The fourth-order valence-electron chi connectivity index (χ4n) is 2.79. The van der Waals surface area contributed by atoms with Gasteiger partial charge in [0.25, 0.3) is 0 Å². The monoisotopic (exact) mass is 287 g/mol. The first kappa shape index (κ1) is 13.4. The van der Waals surface area contributed by atoms with Crippen molar-refractivity contribution in [1.82, 2.24) is 9.97 Å². The lowest BCUT2D eigenvalue weighted by atomic mass is 10.2. The molecule has 0 saturated carbocycles. The van der Waals surface area contributed by atoms with Crippen LogP contribution >= 0.6 is 11.6 Å². The van der Waals surface area contributed by atoms with Gasteiger partial charge in [0.1, 0.15) is 5.82 Å². The number of fused-ring (bicyclic) bond motifs is 1. The van der Waals surface area contributed by atoms with E-state index in [1.165, 1.54) is 11.1 Å². The molecule has 0 amide bonds. The number of nitrogens with zero attached hydrogens (tertiary/aromatic N) is 3. The summed E-state index contributed by atoms with van der Waals surface area (Å²) in [5, 5.41) is 0.368. The minimum atomic E-state index is 0.368. The zero-order valence-electron chi connectivity index (χ0n) is 11.6. The summed E-state index contributed by atoms with van der Waals surface area (Å²) in [7, 11) is 0. The van der Waals surface area contributed by atoms with E-state index in [4.69, 9.17) is 11.6 Å². The summed E-state index contributed by atoms with van der Waals surface area (Å²) in [5.74, 6) is 1.02. The van der Waals surface area contributed by atoms with Crippen LogP contribution in [-0.4, -0.2) is 16.5 Å². The van der Waals surface area contributed by atoms with E-state index in [1.54, 1.807) is 0 Å². The predicted octanol–water partition coefficient (Wildman–Crippen LogP) is 3.65. The molecule has 3 nitrogen and oxygen atoms in total. The number of rotatable bonds is 4. The van der Waals surface area contributed by atoms with Crippen molar-refractivity contribution in [2.45, 2.75) is 32.7 Å². The molecule has 104 valence electrons. The molecular weight excluding hydrogens is 270 g/mol. The van der Waals surface area contributed by atoms with Gasteiger partial charge in [-0.15, -0.1) is 0 Å². The molecule has 0 atom stereocenters. The van der Waals surface area contributed by atoms with Gasteiger partial charge >= 0.3 is 0 Å². The van der Waals surface area contributed by atoms with Gasteiger partial charge < -0.3 is 4.90 Å². The molecule has 1 aliphatic rings. The average Bonchev–Trinajstić information content (AvgIpc) is 2.93. The van der Waals surface area contributed by atoms with E-state index >= 15 is 0 Å². The van der Waals surface area contributed by atoms with E-state index in [0.717, 1.165) is 43.9 Å². The Kier molecular flexibility index (Phi) is 3.88. The van der Waals surface area contributed by atoms with Crippen molar-refractivity contribution in [1.29, 1.82) is 0 Å². The number of aryl methyl sites for hydroxylation is 1. The van der Waals surface area contributed by atoms with Gasteiger partial charge in [-0.25, -0.2) is 9.97 Å². The van der Waals surface area contributed by atoms with Gasteiger partial charge in [0, 0.05) is 18.7 Å². The Hall–Kier alpha value is -1.61. The van der Waals surface area contributed by atoms with Gasteiger partial charge in [0.2, 0.25) is 5.28 Å². The normalized spacial score (nSPS) is 13.3. The zero-order chi connectivity index (χ0) is 13.9. The average molecular weight is 288 g/mol. The van der Waals surface area contributed by atoms with Crippen molar-refractivity contribution in [2.24, 2.45) is 0 Å². The van der Waals surface area contributed by atoms with Crippen LogP contribution in [0.5, 0.6) is 0 Å². The first-order valence-electron chi connectivity index (χ1n) is 7.12. The maximum Gasteiger partial charge on any atom is 0.224 e. The summed E-state index contributed by atoms with van der Waals surface area (Å²) in [5.41, 5.74) is 3.70. The molecule has 1 aromatic carbocycles. The molecule has 0 radical (unpaired) electrons. The quantitative estimate of drug-likeness (QED) is 0.804. The number of aromatic nitrogens is 2. The lowest BCUT2D eigenvalue weighted by Gasteiger charge is -2.24. The van der Waals surface area contributed by atoms with Gasteiger partial charge in [0.05, 0.1) is 5.69 Å². The van der Waals surface area contributed by atoms with Gasteiger partial charge in [-0.3, -0.25) is 0 Å². The molecular formula is C16H18ClN3. The minimum Gasteiger partial charge on any atom is -0.352 e.